The molecule has 0 fully saturated rings. The molecule has 16 heavy (non-hydrogen) atoms. The van der Waals surface area contributed by atoms with Gasteiger partial charge in [0.15, 0.2) is 6.10 Å². The normalized spacial score (nSPS) is 22.4. The van der Waals surface area contributed by atoms with Crippen molar-refractivity contribution in [2.75, 3.05) is 12.9 Å². The molecule has 88 valence electrons. The lowest BCUT2D eigenvalue weighted by Gasteiger charge is -2.23. The minimum absolute atomic E-state index is 0.174. The van der Waals surface area contributed by atoms with Crippen LogP contribution in [-0.2, 0) is 14.3 Å². The smallest absolute Gasteiger partial charge is 0.354 e. The van der Waals surface area contributed by atoms with Crippen LogP contribution in [0.5, 0.6) is 0 Å². The summed E-state index contributed by atoms with van der Waals surface area (Å²) in [5.74, 6) is -2.03. The molecular formula is C9H11NO5S. The summed E-state index contributed by atoms with van der Waals surface area (Å²) in [6.07, 6.45) is -1.15. The van der Waals surface area contributed by atoms with Gasteiger partial charge in [0, 0.05) is 12.9 Å². The Kier molecular flexibility index (Phi) is 4.08. The minimum Gasteiger partial charge on any atom is -0.479 e. The van der Waals surface area contributed by atoms with Crippen LogP contribution in [0.1, 0.15) is 0 Å². The highest BCUT2D eigenvalue weighted by Gasteiger charge is 2.33. The van der Waals surface area contributed by atoms with Crippen LogP contribution in [0.25, 0.3) is 0 Å². The lowest BCUT2D eigenvalue weighted by atomic mass is 10.2. The molecule has 1 heterocycles. The van der Waals surface area contributed by atoms with E-state index in [0.29, 0.717) is 11.3 Å². The van der Waals surface area contributed by atoms with Crippen molar-refractivity contribution in [1.82, 2.24) is 0 Å². The van der Waals surface area contributed by atoms with Gasteiger partial charge in [-0.2, -0.15) is 0 Å². The van der Waals surface area contributed by atoms with Crippen LogP contribution in [-0.4, -0.2) is 52.2 Å². The Morgan fingerprint density at radius 1 is 1.62 bits per heavy atom. The number of carboxylic acid groups (broad SMARTS) is 2. The van der Waals surface area contributed by atoms with Crippen molar-refractivity contribution < 1.29 is 24.5 Å². The number of rotatable bonds is 4. The third kappa shape index (κ3) is 2.61. The molecule has 0 aromatic carbocycles. The maximum Gasteiger partial charge on any atom is 0.354 e. The Balaban J connectivity index is 2.96. The Bertz CT molecular complexity index is 365. The molecule has 0 unspecified atom stereocenters. The SMILES string of the molecule is C=C1CS[C@H]([C@@H](OC)C(=O)O)N=C1C(=O)O. The van der Waals surface area contributed by atoms with Gasteiger partial charge in [0.1, 0.15) is 11.1 Å². The van der Waals surface area contributed by atoms with E-state index in [-0.39, 0.29) is 5.71 Å². The number of nitrogens with zero attached hydrogens (tertiary/aromatic N) is 1. The van der Waals surface area contributed by atoms with Gasteiger partial charge in [-0.3, -0.25) is 4.99 Å². The van der Waals surface area contributed by atoms with E-state index < -0.39 is 23.4 Å². The molecule has 6 nitrogen and oxygen atoms in total. The van der Waals surface area contributed by atoms with Crippen LogP contribution in [0.15, 0.2) is 17.1 Å². The minimum atomic E-state index is -1.20. The molecule has 1 rings (SSSR count). The molecule has 0 bridgehead atoms. The van der Waals surface area contributed by atoms with Crippen molar-refractivity contribution in [1.29, 1.82) is 0 Å². The summed E-state index contributed by atoms with van der Waals surface area (Å²) >= 11 is 1.20. The van der Waals surface area contributed by atoms with Crippen molar-refractivity contribution in [2.24, 2.45) is 4.99 Å². The zero-order valence-electron chi connectivity index (χ0n) is 8.54. The fourth-order valence-electron chi connectivity index (χ4n) is 1.21. The van der Waals surface area contributed by atoms with Crippen molar-refractivity contribution >= 4 is 29.4 Å². The predicted octanol–water partition coefficient (Wildman–Crippen LogP) is 0.241. The number of aliphatic imine (C=N–C) groups is 1. The molecule has 0 aliphatic carbocycles. The average Bonchev–Trinajstić information content (AvgIpc) is 2.20. The molecule has 0 aromatic rings. The molecule has 0 radical (unpaired) electrons. The van der Waals surface area contributed by atoms with Crippen molar-refractivity contribution in [3.05, 3.63) is 12.2 Å². The summed E-state index contributed by atoms with van der Waals surface area (Å²) in [6.45, 7) is 3.56. The third-order valence-corrected chi connectivity index (χ3v) is 3.19. The molecule has 7 heteroatoms. The van der Waals surface area contributed by atoms with Gasteiger partial charge < -0.3 is 14.9 Å². The summed E-state index contributed by atoms with van der Waals surface area (Å²) in [5, 5.41) is 16.9. The van der Waals surface area contributed by atoms with Gasteiger partial charge in [-0.25, -0.2) is 9.59 Å². The van der Waals surface area contributed by atoms with E-state index in [1.165, 1.54) is 18.9 Å². The van der Waals surface area contributed by atoms with Gasteiger partial charge in [0.25, 0.3) is 0 Å². The number of methoxy groups -OCH3 is 1. The van der Waals surface area contributed by atoms with E-state index in [4.69, 9.17) is 14.9 Å². The van der Waals surface area contributed by atoms with Crippen molar-refractivity contribution in [3.8, 4) is 0 Å². The monoisotopic (exact) mass is 245 g/mol. The summed E-state index contributed by atoms with van der Waals surface area (Å²) in [7, 11) is 1.25. The molecule has 2 N–H and O–H groups in total. The maximum atomic E-state index is 10.8. The van der Waals surface area contributed by atoms with Gasteiger partial charge in [0.05, 0.1) is 0 Å². The molecule has 0 spiro atoms. The molecule has 0 aromatic heterocycles. The van der Waals surface area contributed by atoms with Gasteiger partial charge in [0.2, 0.25) is 0 Å². The highest BCUT2D eigenvalue weighted by molar-refractivity contribution is 8.00. The fraction of sp³-hybridized carbons (Fsp3) is 0.444. The molecule has 0 saturated heterocycles. The summed E-state index contributed by atoms with van der Waals surface area (Å²) < 4.78 is 4.76. The van der Waals surface area contributed by atoms with Crippen LogP contribution in [0.2, 0.25) is 0 Å². The second-order valence-electron chi connectivity index (χ2n) is 3.08. The lowest BCUT2D eigenvalue weighted by Crippen LogP contribution is -2.36. The summed E-state index contributed by atoms with van der Waals surface area (Å²) in [6, 6.07) is 0. The zero-order chi connectivity index (χ0) is 12.3. The lowest BCUT2D eigenvalue weighted by molar-refractivity contribution is -0.148. The van der Waals surface area contributed by atoms with E-state index in [0.717, 1.165) is 0 Å². The summed E-state index contributed by atoms with van der Waals surface area (Å²) in [5.41, 5.74) is 0.209. The highest BCUT2D eigenvalue weighted by Crippen LogP contribution is 2.26. The van der Waals surface area contributed by atoms with Crippen LogP contribution >= 0.6 is 11.8 Å². The molecule has 1 aliphatic rings. The van der Waals surface area contributed by atoms with Gasteiger partial charge >= 0.3 is 11.9 Å². The van der Waals surface area contributed by atoms with Crippen LogP contribution < -0.4 is 0 Å². The second-order valence-corrected chi connectivity index (χ2v) is 4.19. The van der Waals surface area contributed by atoms with Crippen LogP contribution in [0.4, 0.5) is 0 Å². The Hall–Kier alpha value is -1.34. The topological polar surface area (TPSA) is 96.2 Å². The maximum absolute atomic E-state index is 10.8. The van der Waals surface area contributed by atoms with Crippen molar-refractivity contribution in [2.45, 2.75) is 11.5 Å². The predicted molar refractivity (Wildman–Crippen MR) is 58.9 cm³/mol. The van der Waals surface area contributed by atoms with E-state index in [9.17, 15) is 9.59 Å². The van der Waals surface area contributed by atoms with Gasteiger partial charge in [-0.05, 0) is 5.57 Å². The molecule has 1 aliphatic heterocycles. The first-order chi connectivity index (χ1) is 7.47. The van der Waals surface area contributed by atoms with Crippen LogP contribution in [0.3, 0.4) is 0 Å². The zero-order valence-corrected chi connectivity index (χ0v) is 9.36. The Labute approximate surface area is 96.0 Å². The first-order valence-electron chi connectivity index (χ1n) is 4.33. The third-order valence-electron chi connectivity index (χ3n) is 1.98. The number of carbonyl (C=O) groups is 2. The van der Waals surface area contributed by atoms with Crippen molar-refractivity contribution in [3.63, 3.8) is 0 Å². The number of aliphatic carboxylic acids is 2. The fourth-order valence-corrected chi connectivity index (χ4v) is 2.30. The number of ether oxygens (including phenoxy) is 1. The first-order valence-corrected chi connectivity index (χ1v) is 5.38. The molecule has 0 amide bonds. The van der Waals surface area contributed by atoms with Gasteiger partial charge in [-0.15, -0.1) is 11.8 Å². The summed E-state index contributed by atoms with van der Waals surface area (Å²) in [4.78, 5) is 25.4. The quantitative estimate of drug-likeness (QED) is 0.736. The Morgan fingerprint density at radius 2 is 2.25 bits per heavy atom. The molecule has 0 saturated carbocycles. The average molecular weight is 245 g/mol. The number of hydrogen-bond donors (Lipinski definition) is 2. The van der Waals surface area contributed by atoms with E-state index in [1.807, 2.05) is 0 Å². The molecular weight excluding hydrogens is 234 g/mol. The first kappa shape index (κ1) is 12.7. The van der Waals surface area contributed by atoms with E-state index in [1.54, 1.807) is 0 Å². The van der Waals surface area contributed by atoms with E-state index >= 15 is 0 Å². The second kappa shape index (κ2) is 5.13. The number of carboxylic acids is 2. The number of hydrogen-bond acceptors (Lipinski definition) is 5. The van der Waals surface area contributed by atoms with Gasteiger partial charge in [-0.1, -0.05) is 6.58 Å². The largest absolute Gasteiger partial charge is 0.479 e. The van der Waals surface area contributed by atoms with Crippen LogP contribution in [0, 0.1) is 0 Å². The number of thioether (sulfide) groups is 1. The molecule has 2 atom stereocenters. The highest BCUT2D eigenvalue weighted by atomic mass is 32.2. The standard InChI is InChI=1S/C9H11NO5S/c1-4-3-16-7(6(15-2)9(13)14)10-5(4)8(11)12/h6-7H,1,3H2,2H3,(H,11,12)(H,13,14)/t6-,7-/m1/s1. The van der Waals surface area contributed by atoms with E-state index in [2.05, 4.69) is 11.6 Å². The Morgan fingerprint density at radius 3 is 2.69 bits per heavy atom.